The molecule has 0 N–H and O–H groups in total. The molecule has 0 radical (unpaired) electrons. The SMILES string of the molecule is CC(=O)N1N=C2C3CCN(CC3)[C@@H]2[C@@H]1c1ccc(Cl)c(Cl)c1. The van der Waals surface area contributed by atoms with Crippen molar-refractivity contribution in [2.24, 2.45) is 11.0 Å². The molecule has 0 aliphatic carbocycles. The molecule has 3 saturated heterocycles. The summed E-state index contributed by atoms with van der Waals surface area (Å²) in [6, 6.07) is 5.72. The number of carbonyl (C=O) groups is 1. The van der Waals surface area contributed by atoms with Crippen LogP contribution in [0.1, 0.15) is 31.4 Å². The number of carbonyl (C=O) groups excluding carboxylic acids is 1. The van der Waals surface area contributed by atoms with Crippen LogP contribution in [0.2, 0.25) is 10.0 Å². The van der Waals surface area contributed by atoms with Gasteiger partial charge in [-0.2, -0.15) is 5.10 Å². The topological polar surface area (TPSA) is 35.9 Å². The van der Waals surface area contributed by atoms with E-state index in [-0.39, 0.29) is 18.0 Å². The molecule has 0 aromatic heterocycles. The van der Waals surface area contributed by atoms with Crippen molar-refractivity contribution in [3.63, 3.8) is 0 Å². The minimum absolute atomic E-state index is 0.0291. The Bertz CT molecular complexity index is 667. The number of amides is 1. The van der Waals surface area contributed by atoms with Gasteiger partial charge >= 0.3 is 0 Å². The molecule has 2 atom stereocenters. The second-order valence-electron chi connectivity index (χ2n) is 6.26. The van der Waals surface area contributed by atoms with Crippen molar-refractivity contribution in [3.8, 4) is 0 Å². The zero-order chi connectivity index (χ0) is 15.4. The van der Waals surface area contributed by atoms with Crippen molar-refractivity contribution in [1.82, 2.24) is 9.91 Å². The molecule has 4 aliphatic heterocycles. The Labute approximate surface area is 139 Å². The van der Waals surface area contributed by atoms with Crippen LogP contribution in [0.5, 0.6) is 0 Å². The number of nitrogens with zero attached hydrogens (tertiary/aromatic N) is 3. The highest BCUT2D eigenvalue weighted by molar-refractivity contribution is 6.42. The zero-order valence-corrected chi connectivity index (χ0v) is 13.8. The lowest BCUT2D eigenvalue weighted by Crippen LogP contribution is -2.56. The number of halogens is 2. The molecule has 5 rings (SSSR count). The van der Waals surface area contributed by atoms with Crippen molar-refractivity contribution in [2.45, 2.75) is 31.8 Å². The van der Waals surface area contributed by atoms with Crippen LogP contribution in [0.3, 0.4) is 0 Å². The minimum atomic E-state index is -0.0923. The van der Waals surface area contributed by atoms with Gasteiger partial charge in [0.05, 0.1) is 21.8 Å². The number of fused-ring (bicyclic) bond motifs is 2. The molecule has 4 aliphatic rings. The second kappa shape index (κ2) is 5.22. The quantitative estimate of drug-likeness (QED) is 0.787. The molecule has 3 fully saturated rings. The minimum Gasteiger partial charge on any atom is -0.293 e. The highest BCUT2D eigenvalue weighted by Crippen LogP contribution is 2.44. The standard InChI is InChI=1S/C16H17Cl2N3O/c1-9(22)21-15(11-2-3-12(17)13(18)8-11)16-14(19-21)10-4-6-20(16)7-5-10/h2-3,8,10,15-16H,4-7H2,1H3/t15-,16-/m0/s1. The summed E-state index contributed by atoms with van der Waals surface area (Å²) >= 11 is 12.2. The lowest BCUT2D eigenvalue weighted by Gasteiger charge is -2.46. The summed E-state index contributed by atoms with van der Waals surface area (Å²) in [6.45, 7) is 3.74. The Hall–Kier alpha value is -1.10. The molecule has 6 heteroatoms. The molecular weight excluding hydrogens is 321 g/mol. The summed E-state index contributed by atoms with van der Waals surface area (Å²) in [4.78, 5) is 14.6. The first-order valence-electron chi connectivity index (χ1n) is 7.63. The lowest BCUT2D eigenvalue weighted by molar-refractivity contribution is -0.131. The third kappa shape index (κ3) is 2.08. The van der Waals surface area contributed by atoms with Gasteiger partial charge in [-0.1, -0.05) is 29.3 Å². The van der Waals surface area contributed by atoms with E-state index < -0.39 is 0 Å². The molecule has 1 amide bonds. The van der Waals surface area contributed by atoms with E-state index in [0.717, 1.165) is 31.5 Å². The second-order valence-corrected chi connectivity index (χ2v) is 7.08. The highest BCUT2D eigenvalue weighted by atomic mass is 35.5. The Morgan fingerprint density at radius 3 is 2.55 bits per heavy atom. The van der Waals surface area contributed by atoms with Gasteiger partial charge in [0.1, 0.15) is 6.04 Å². The number of piperidine rings is 3. The van der Waals surface area contributed by atoms with E-state index in [1.807, 2.05) is 12.1 Å². The van der Waals surface area contributed by atoms with Crippen LogP contribution in [0.15, 0.2) is 23.3 Å². The molecule has 0 saturated carbocycles. The van der Waals surface area contributed by atoms with E-state index in [9.17, 15) is 4.79 Å². The fourth-order valence-corrected chi connectivity index (χ4v) is 4.32. The molecule has 4 nitrogen and oxygen atoms in total. The fraction of sp³-hybridized carbons (Fsp3) is 0.500. The van der Waals surface area contributed by atoms with Crippen LogP contribution in [0.25, 0.3) is 0 Å². The van der Waals surface area contributed by atoms with Crippen LogP contribution >= 0.6 is 23.2 Å². The Morgan fingerprint density at radius 2 is 1.91 bits per heavy atom. The van der Waals surface area contributed by atoms with Gasteiger partial charge in [0, 0.05) is 12.8 Å². The number of hydrogen-bond donors (Lipinski definition) is 0. The van der Waals surface area contributed by atoms with E-state index in [4.69, 9.17) is 23.2 Å². The molecule has 22 heavy (non-hydrogen) atoms. The van der Waals surface area contributed by atoms with E-state index >= 15 is 0 Å². The molecule has 1 aromatic carbocycles. The first-order valence-corrected chi connectivity index (χ1v) is 8.39. The normalized spacial score (nSPS) is 32.9. The molecule has 0 spiro atoms. The van der Waals surface area contributed by atoms with Crippen LogP contribution in [-0.2, 0) is 4.79 Å². The van der Waals surface area contributed by atoms with Gasteiger partial charge in [0.2, 0.25) is 5.91 Å². The molecule has 116 valence electrons. The largest absolute Gasteiger partial charge is 0.293 e. The number of hydrogen-bond acceptors (Lipinski definition) is 3. The lowest BCUT2D eigenvalue weighted by atomic mass is 9.78. The van der Waals surface area contributed by atoms with Crippen molar-refractivity contribution >= 4 is 34.8 Å². The summed E-state index contributed by atoms with van der Waals surface area (Å²) in [6.07, 6.45) is 2.30. The molecule has 2 bridgehead atoms. The van der Waals surface area contributed by atoms with E-state index in [2.05, 4.69) is 10.0 Å². The highest BCUT2D eigenvalue weighted by Gasteiger charge is 2.50. The maximum absolute atomic E-state index is 12.1. The average molecular weight is 338 g/mol. The van der Waals surface area contributed by atoms with Crippen LogP contribution < -0.4 is 0 Å². The van der Waals surface area contributed by atoms with Crippen LogP contribution in [0, 0.1) is 5.92 Å². The van der Waals surface area contributed by atoms with Crippen LogP contribution in [0.4, 0.5) is 0 Å². The number of hydrazone groups is 1. The van der Waals surface area contributed by atoms with Crippen molar-refractivity contribution in [2.75, 3.05) is 13.1 Å². The third-order valence-corrected chi connectivity index (χ3v) is 5.78. The number of benzene rings is 1. The fourth-order valence-electron chi connectivity index (χ4n) is 4.01. The summed E-state index contributed by atoms with van der Waals surface area (Å²) in [5.41, 5.74) is 2.17. The Balaban J connectivity index is 1.79. The predicted molar refractivity (Wildman–Crippen MR) is 87.2 cm³/mol. The van der Waals surface area contributed by atoms with Crippen LogP contribution in [-0.4, -0.2) is 40.7 Å². The van der Waals surface area contributed by atoms with Gasteiger partial charge in [-0.3, -0.25) is 9.69 Å². The van der Waals surface area contributed by atoms with Gasteiger partial charge in [-0.15, -0.1) is 0 Å². The first kappa shape index (κ1) is 14.5. The van der Waals surface area contributed by atoms with Gasteiger partial charge in [-0.25, -0.2) is 5.01 Å². The summed E-state index contributed by atoms with van der Waals surface area (Å²) in [7, 11) is 0. The van der Waals surface area contributed by atoms with E-state index in [1.54, 1.807) is 18.0 Å². The molecule has 1 aromatic rings. The smallest absolute Gasteiger partial charge is 0.240 e. The predicted octanol–water partition coefficient (Wildman–Crippen LogP) is 3.35. The zero-order valence-electron chi connectivity index (χ0n) is 12.3. The maximum Gasteiger partial charge on any atom is 0.240 e. The number of rotatable bonds is 1. The van der Waals surface area contributed by atoms with E-state index in [1.165, 1.54) is 5.71 Å². The molecular formula is C16H17Cl2N3O. The summed E-state index contributed by atoms with van der Waals surface area (Å²) in [5.74, 6) is 0.489. The summed E-state index contributed by atoms with van der Waals surface area (Å²) < 4.78 is 0. The van der Waals surface area contributed by atoms with Gasteiger partial charge < -0.3 is 0 Å². The van der Waals surface area contributed by atoms with Crippen molar-refractivity contribution in [1.29, 1.82) is 0 Å². The van der Waals surface area contributed by atoms with E-state index in [0.29, 0.717) is 16.0 Å². The average Bonchev–Trinajstić information content (AvgIpc) is 2.94. The maximum atomic E-state index is 12.1. The van der Waals surface area contributed by atoms with Crippen molar-refractivity contribution in [3.05, 3.63) is 33.8 Å². The van der Waals surface area contributed by atoms with Gasteiger partial charge in [0.25, 0.3) is 0 Å². The first-order chi connectivity index (χ1) is 10.6. The third-order valence-electron chi connectivity index (χ3n) is 5.04. The monoisotopic (exact) mass is 337 g/mol. The molecule has 0 unspecified atom stereocenters. The summed E-state index contributed by atoms with van der Waals surface area (Å²) in [5, 5.41) is 7.37. The van der Waals surface area contributed by atoms with Gasteiger partial charge in [0.15, 0.2) is 0 Å². The van der Waals surface area contributed by atoms with Gasteiger partial charge in [-0.05, 0) is 43.6 Å². The molecule has 4 heterocycles. The Kier molecular flexibility index (Phi) is 3.44. The Morgan fingerprint density at radius 1 is 1.18 bits per heavy atom. The van der Waals surface area contributed by atoms with Crippen molar-refractivity contribution < 1.29 is 4.79 Å².